The quantitative estimate of drug-likeness (QED) is 0.595. The number of hydrogen-bond acceptors (Lipinski definition) is 4. The van der Waals surface area contributed by atoms with E-state index in [0.717, 1.165) is 28.8 Å². The predicted molar refractivity (Wildman–Crippen MR) is 104 cm³/mol. The van der Waals surface area contributed by atoms with Crippen molar-refractivity contribution in [1.29, 1.82) is 0 Å². The molecule has 0 spiro atoms. The molecule has 0 atom stereocenters. The molecule has 0 saturated carbocycles. The molecule has 0 aliphatic carbocycles. The fourth-order valence-electron chi connectivity index (χ4n) is 2.66. The molecular formula is C17H17BrN2O4S2. The zero-order valence-electron chi connectivity index (χ0n) is 13.9. The van der Waals surface area contributed by atoms with E-state index in [2.05, 4.69) is 25.6 Å². The molecule has 1 aromatic heterocycles. The van der Waals surface area contributed by atoms with E-state index in [1.807, 2.05) is 30.5 Å². The third kappa shape index (κ3) is 4.01. The first-order valence-electron chi connectivity index (χ1n) is 7.73. The molecule has 0 bridgehead atoms. The predicted octanol–water partition coefficient (Wildman–Crippen LogP) is 2.85. The summed E-state index contributed by atoms with van der Waals surface area (Å²) in [4.78, 5) is 3.01. The number of aromatic amines is 1. The number of fused-ring (bicyclic) bond motifs is 1. The number of nitrogens with one attached hydrogen (secondary N) is 2. The lowest BCUT2D eigenvalue weighted by Crippen LogP contribution is -2.26. The van der Waals surface area contributed by atoms with E-state index in [-0.39, 0.29) is 16.3 Å². The minimum Gasteiger partial charge on any atom is -0.361 e. The van der Waals surface area contributed by atoms with Crippen molar-refractivity contribution in [1.82, 2.24) is 9.71 Å². The Bertz CT molecular complexity index is 1170. The summed E-state index contributed by atoms with van der Waals surface area (Å²) < 4.78 is 51.4. The zero-order valence-corrected chi connectivity index (χ0v) is 17.1. The summed E-state index contributed by atoms with van der Waals surface area (Å²) in [6.45, 7) is 0.194. The molecule has 0 amide bonds. The zero-order chi connectivity index (χ0) is 18.9. The number of H-pyrrole nitrogens is 1. The molecule has 0 aliphatic rings. The second kappa shape index (κ2) is 7.15. The van der Waals surface area contributed by atoms with Gasteiger partial charge in [0.1, 0.15) is 0 Å². The molecule has 0 saturated heterocycles. The molecule has 0 fully saturated rings. The molecule has 1 heterocycles. The van der Waals surface area contributed by atoms with Crippen LogP contribution in [0.25, 0.3) is 10.9 Å². The molecule has 26 heavy (non-hydrogen) atoms. The first kappa shape index (κ1) is 19.1. The monoisotopic (exact) mass is 456 g/mol. The topological polar surface area (TPSA) is 96.1 Å². The summed E-state index contributed by atoms with van der Waals surface area (Å²) >= 11 is 3.18. The number of benzene rings is 2. The molecule has 3 rings (SSSR count). The minimum absolute atomic E-state index is 0.0438. The van der Waals surface area contributed by atoms with Gasteiger partial charge in [0.15, 0.2) is 9.84 Å². The van der Waals surface area contributed by atoms with E-state index in [4.69, 9.17) is 0 Å². The van der Waals surface area contributed by atoms with Crippen LogP contribution >= 0.6 is 15.9 Å². The first-order chi connectivity index (χ1) is 12.2. The first-order valence-corrected chi connectivity index (χ1v) is 11.9. The number of halogens is 1. The highest BCUT2D eigenvalue weighted by atomic mass is 79.9. The van der Waals surface area contributed by atoms with Gasteiger partial charge in [-0.25, -0.2) is 21.6 Å². The van der Waals surface area contributed by atoms with Crippen molar-refractivity contribution in [3.63, 3.8) is 0 Å². The van der Waals surface area contributed by atoms with Crippen LogP contribution in [0.15, 0.2) is 62.9 Å². The summed E-state index contributed by atoms with van der Waals surface area (Å²) in [5.41, 5.74) is 2.00. The summed E-state index contributed by atoms with van der Waals surface area (Å²) in [5.74, 6) is 0. The maximum Gasteiger partial charge on any atom is 0.241 e. The summed E-state index contributed by atoms with van der Waals surface area (Å²) in [6, 6.07) is 11.7. The van der Waals surface area contributed by atoms with Gasteiger partial charge < -0.3 is 4.98 Å². The lowest BCUT2D eigenvalue weighted by Gasteiger charge is -2.10. The highest BCUT2D eigenvalue weighted by molar-refractivity contribution is 9.10. The maximum atomic E-state index is 12.6. The fraction of sp³-hybridized carbons (Fsp3) is 0.176. The third-order valence-corrected chi connectivity index (χ3v) is 7.55. The fourth-order valence-corrected chi connectivity index (χ4v) is 5.40. The highest BCUT2D eigenvalue weighted by Gasteiger charge is 2.20. The Kier molecular flexibility index (Phi) is 5.25. The molecule has 3 aromatic rings. The molecule has 0 unspecified atom stereocenters. The van der Waals surface area contributed by atoms with Crippen molar-refractivity contribution in [2.45, 2.75) is 16.2 Å². The standard InChI is InChI=1S/C17H17BrN2O4S2/c1-25(21,22)13-6-7-15(18)17(10-13)26(23,24)20-9-8-12-11-19-16-5-3-2-4-14(12)16/h2-7,10-11,19-20H,8-9H2,1H3. The Balaban J connectivity index is 1.79. The highest BCUT2D eigenvalue weighted by Crippen LogP contribution is 2.25. The van der Waals surface area contributed by atoms with E-state index < -0.39 is 19.9 Å². The minimum atomic E-state index is -3.85. The molecule has 2 aromatic carbocycles. The molecule has 9 heteroatoms. The van der Waals surface area contributed by atoms with Crippen LogP contribution in [0.5, 0.6) is 0 Å². The third-order valence-electron chi connectivity index (χ3n) is 3.98. The van der Waals surface area contributed by atoms with Crippen LogP contribution in [0.2, 0.25) is 0 Å². The number of sulfonamides is 1. The summed E-state index contributed by atoms with van der Waals surface area (Å²) in [6.07, 6.45) is 3.41. The summed E-state index contributed by atoms with van der Waals surface area (Å²) in [5, 5.41) is 1.05. The molecule has 0 radical (unpaired) electrons. The van der Waals surface area contributed by atoms with Crippen LogP contribution in [0, 0.1) is 0 Å². The van der Waals surface area contributed by atoms with E-state index in [0.29, 0.717) is 10.9 Å². The number of sulfone groups is 1. The van der Waals surface area contributed by atoms with Crippen molar-refractivity contribution in [2.75, 3.05) is 12.8 Å². The van der Waals surface area contributed by atoms with Gasteiger partial charge in [-0.2, -0.15) is 0 Å². The number of hydrogen-bond donors (Lipinski definition) is 2. The van der Waals surface area contributed by atoms with Gasteiger partial charge in [-0.05, 0) is 52.2 Å². The molecule has 6 nitrogen and oxygen atoms in total. The van der Waals surface area contributed by atoms with Crippen LogP contribution < -0.4 is 4.72 Å². The van der Waals surface area contributed by atoms with Gasteiger partial charge in [-0.1, -0.05) is 18.2 Å². The lowest BCUT2D eigenvalue weighted by atomic mass is 10.1. The van der Waals surface area contributed by atoms with Gasteiger partial charge in [0.05, 0.1) is 9.79 Å². The van der Waals surface area contributed by atoms with Crippen molar-refractivity contribution >= 4 is 46.7 Å². The van der Waals surface area contributed by atoms with E-state index in [9.17, 15) is 16.8 Å². The van der Waals surface area contributed by atoms with Crippen molar-refractivity contribution in [2.24, 2.45) is 0 Å². The van der Waals surface area contributed by atoms with E-state index in [1.54, 1.807) is 0 Å². The van der Waals surface area contributed by atoms with Crippen molar-refractivity contribution in [3.8, 4) is 0 Å². The number of aromatic nitrogens is 1. The van der Waals surface area contributed by atoms with Gasteiger partial charge in [0.2, 0.25) is 10.0 Å². The van der Waals surface area contributed by atoms with Gasteiger partial charge in [-0.3, -0.25) is 0 Å². The number of para-hydroxylation sites is 1. The Morgan fingerprint density at radius 2 is 1.81 bits per heavy atom. The molecule has 0 aliphatic heterocycles. The van der Waals surface area contributed by atoms with Gasteiger partial charge >= 0.3 is 0 Å². The SMILES string of the molecule is CS(=O)(=O)c1ccc(Br)c(S(=O)(=O)NCCc2c[nH]c3ccccc23)c1. The van der Waals surface area contributed by atoms with Crippen LogP contribution in [-0.4, -0.2) is 34.6 Å². The lowest BCUT2D eigenvalue weighted by molar-refractivity contribution is 0.581. The molecule has 2 N–H and O–H groups in total. The largest absolute Gasteiger partial charge is 0.361 e. The van der Waals surface area contributed by atoms with Crippen LogP contribution in [0.3, 0.4) is 0 Å². The average Bonchev–Trinajstić information content (AvgIpc) is 2.97. The van der Waals surface area contributed by atoms with Crippen LogP contribution in [-0.2, 0) is 26.3 Å². The Morgan fingerprint density at radius 3 is 2.54 bits per heavy atom. The second-order valence-corrected chi connectivity index (χ2v) is 10.5. The Labute approximate surface area is 160 Å². The van der Waals surface area contributed by atoms with Gasteiger partial charge in [0.25, 0.3) is 0 Å². The number of rotatable bonds is 6. The normalized spacial score (nSPS) is 12.5. The molecule has 138 valence electrons. The average molecular weight is 457 g/mol. The van der Waals surface area contributed by atoms with Crippen LogP contribution in [0.4, 0.5) is 0 Å². The van der Waals surface area contributed by atoms with Crippen molar-refractivity contribution in [3.05, 3.63) is 58.7 Å². The van der Waals surface area contributed by atoms with Gasteiger partial charge in [-0.15, -0.1) is 0 Å². The Morgan fingerprint density at radius 1 is 1.08 bits per heavy atom. The maximum absolute atomic E-state index is 12.6. The molecular weight excluding hydrogens is 440 g/mol. The van der Waals surface area contributed by atoms with Gasteiger partial charge in [0, 0.05) is 34.4 Å². The van der Waals surface area contributed by atoms with Crippen LogP contribution in [0.1, 0.15) is 5.56 Å². The smallest absolute Gasteiger partial charge is 0.241 e. The second-order valence-electron chi connectivity index (χ2n) is 5.87. The van der Waals surface area contributed by atoms with E-state index >= 15 is 0 Å². The summed E-state index contributed by atoms with van der Waals surface area (Å²) in [7, 11) is -7.35. The van der Waals surface area contributed by atoms with Crippen molar-refractivity contribution < 1.29 is 16.8 Å². The Hall–Kier alpha value is -1.68. The van der Waals surface area contributed by atoms with E-state index in [1.165, 1.54) is 12.1 Å².